The number of hydrogen-bond donors (Lipinski definition) is 0. The molecule has 0 atom stereocenters. The average Bonchev–Trinajstić information content (AvgIpc) is 0. The summed E-state index contributed by atoms with van der Waals surface area (Å²) in [6, 6.07) is 0. The van der Waals surface area contributed by atoms with Crippen LogP contribution in [-0.2, 0) is 71.9 Å². The summed E-state index contributed by atoms with van der Waals surface area (Å²) in [4.78, 5) is 0. The van der Waals surface area contributed by atoms with Gasteiger partial charge in [-0.2, -0.15) is 0 Å². The van der Waals surface area contributed by atoms with E-state index in [1.54, 1.807) is 0 Å². The minimum atomic E-state index is 0. The van der Waals surface area contributed by atoms with E-state index in [0.29, 0.717) is 0 Å². The van der Waals surface area contributed by atoms with Crippen molar-refractivity contribution in [3.63, 3.8) is 0 Å². The Hall–Kier alpha value is 6.37. The minimum absolute atomic E-state index is 0. The summed E-state index contributed by atoms with van der Waals surface area (Å²) in [5, 5.41) is 0. The van der Waals surface area contributed by atoms with Gasteiger partial charge >= 0.3 is 205 Å². The van der Waals surface area contributed by atoms with Gasteiger partial charge in [0.1, 0.15) is 0 Å². The van der Waals surface area contributed by atoms with Gasteiger partial charge in [-0.15, -0.1) is 0 Å². The molecular weight excluding hydrogens is 706 g/mol. The van der Waals surface area contributed by atoms with E-state index in [4.69, 9.17) is 0 Å². The third-order valence-corrected chi connectivity index (χ3v) is 0. The largest absolute Gasteiger partial charge is 3.00 e. The van der Waals surface area contributed by atoms with E-state index < -0.39 is 0 Å². The fourth-order valence-corrected chi connectivity index (χ4v) is 0. The Morgan fingerprint density at radius 1 is 0.308 bits per heavy atom. The fourth-order valence-electron chi connectivity index (χ4n) is 0. The first-order valence-electron chi connectivity index (χ1n) is 0. The van der Waals surface area contributed by atoms with Gasteiger partial charge in [-0.25, -0.2) is 0 Å². The summed E-state index contributed by atoms with van der Waals surface area (Å²) in [5.74, 6) is 0. The molecule has 0 saturated heterocycles. The Kier molecular flexibility index (Phi) is 1690. The summed E-state index contributed by atoms with van der Waals surface area (Å²) < 4.78 is 0. The summed E-state index contributed by atoms with van der Waals surface area (Å²) in [6.45, 7) is 0. The van der Waals surface area contributed by atoms with Crippen LogP contribution in [0, 0.1) is 80.8 Å². The molecule has 0 aliphatic rings. The topological polar surface area (TPSA) is 200 Å². The van der Waals surface area contributed by atoms with E-state index in [2.05, 4.69) is 0 Å². The molecule has 0 unspecified atom stereocenters. The van der Waals surface area contributed by atoms with E-state index in [-0.39, 0.29) is 244 Å². The Labute approximate surface area is 236 Å². The van der Waals surface area contributed by atoms with Gasteiger partial charge in [-0.1, -0.05) is 0 Å². The molecule has 0 aliphatic carbocycles. The van der Waals surface area contributed by atoms with Crippen molar-refractivity contribution < 1.29 is 153 Å². The van der Waals surface area contributed by atoms with E-state index in [1.807, 2.05) is 0 Å². The molecule has 7 nitrogen and oxygen atoms in total. The molecule has 0 spiro atoms. The molecule has 0 fully saturated rings. The predicted octanol–water partition coefficient (Wildman–Crippen LogP) is -1.60. The third kappa shape index (κ3) is 121. The molecule has 0 aromatic rings. The normalized spacial score (nSPS) is 0. The van der Waals surface area contributed by atoms with Crippen LogP contribution in [0.5, 0.6) is 0 Å². The molecule has 0 bridgehead atoms. The first kappa shape index (κ1) is 161. The van der Waals surface area contributed by atoms with Crippen molar-refractivity contribution in [3.8, 4) is 0 Å². The van der Waals surface area contributed by atoms with Crippen molar-refractivity contribution in [2.24, 2.45) is 0 Å². The van der Waals surface area contributed by atoms with Crippen molar-refractivity contribution in [1.29, 1.82) is 0 Å². The van der Waals surface area contributed by atoms with Crippen molar-refractivity contribution in [1.82, 2.24) is 0 Å². The van der Waals surface area contributed by atoms with E-state index in [0.717, 1.165) is 0 Å². The molecule has 0 aromatic heterocycles. The van der Waals surface area contributed by atoms with Gasteiger partial charge in [0.25, 0.3) is 0 Å². The first-order chi connectivity index (χ1) is 0. The second kappa shape index (κ2) is 137. The minimum Gasteiger partial charge on any atom is -2.00 e. The van der Waals surface area contributed by atoms with Crippen molar-refractivity contribution >= 4 is 91.0 Å². The van der Waals surface area contributed by atoms with Crippen LogP contribution in [0.3, 0.4) is 0 Å². The molecule has 0 saturated carbocycles. The standard InChI is InChI=1S/2Co.7O.2Sm.2Sr/q2*+2;7*-2;2*+3;2*+2. The molecule has 0 aromatic carbocycles. The van der Waals surface area contributed by atoms with Crippen LogP contribution in [0.4, 0.5) is 0 Å². The molecule has 0 aliphatic heterocycles. The maximum atomic E-state index is 0. The van der Waals surface area contributed by atoms with Crippen LogP contribution >= 0.6 is 0 Å². The molecule has 0 rings (SSSR count). The van der Waals surface area contributed by atoms with Crippen LogP contribution < -0.4 is 0 Å². The fraction of sp³-hybridized carbons (Fsp3) is 0. The van der Waals surface area contributed by atoms with Gasteiger partial charge < -0.3 is 38.3 Å². The summed E-state index contributed by atoms with van der Waals surface area (Å²) in [6.07, 6.45) is 0. The van der Waals surface area contributed by atoms with Gasteiger partial charge in [-0.3, -0.25) is 0 Å². The summed E-state index contributed by atoms with van der Waals surface area (Å²) in [5.41, 5.74) is 0. The van der Waals surface area contributed by atoms with Gasteiger partial charge in [0.15, 0.2) is 0 Å². The third-order valence-electron chi connectivity index (χ3n) is 0. The Bertz CT molecular complexity index is 22.5. The summed E-state index contributed by atoms with van der Waals surface area (Å²) >= 11 is 0. The van der Waals surface area contributed by atoms with Gasteiger partial charge in [-0.05, 0) is 0 Å². The van der Waals surface area contributed by atoms with Crippen LogP contribution in [0.2, 0.25) is 0 Å². The smallest absolute Gasteiger partial charge is 2.00 e. The van der Waals surface area contributed by atoms with Crippen LogP contribution in [0.25, 0.3) is 0 Å². The van der Waals surface area contributed by atoms with Crippen molar-refractivity contribution in [2.75, 3.05) is 0 Å². The van der Waals surface area contributed by atoms with E-state index in [9.17, 15) is 0 Å². The first-order valence-corrected chi connectivity index (χ1v) is 0. The Morgan fingerprint density at radius 3 is 0.308 bits per heavy atom. The zero-order valence-corrected chi connectivity index (χ0v) is 20.0. The zero-order valence-electron chi connectivity index (χ0n) is 5.76. The molecule has 13 heteroatoms. The van der Waals surface area contributed by atoms with Crippen LogP contribution in [0.1, 0.15) is 0 Å². The van der Waals surface area contributed by atoms with Gasteiger partial charge in [0.05, 0.1) is 0 Å². The summed E-state index contributed by atoms with van der Waals surface area (Å²) in [7, 11) is 0. The van der Waals surface area contributed by atoms with Crippen LogP contribution in [-0.4, -0.2) is 91.0 Å². The van der Waals surface area contributed by atoms with E-state index in [1.165, 1.54) is 0 Å². The SMILES string of the molecule is [Co+2].[Co+2].[O-2].[O-2].[O-2].[O-2].[O-2].[O-2].[O-2].[Sm+3].[Sm+3].[Sr+2].[Sr+2]. The number of rotatable bonds is 0. The quantitative estimate of drug-likeness (QED) is 0.262. The average molecular weight is 706 g/mol. The number of hydrogen-bond acceptors (Lipinski definition) is 0. The van der Waals surface area contributed by atoms with Crippen LogP contribution in [0.15, 0.2) is 0 Å². The van der Waals surface area contributed by atoms with Gasteiger partial charge in [0, 0.05) is 0 Å². The molecular formula is Co2O7Sm2Sr2. The predicted molar refractivity (Wildman–Crippen MR) is 16.3 cm³/mol. The molecule has 76 valence electrons. The Morgan fingerprint density at radius 2 is 0.308 bits per heavy atom. The molecule has 13 heavy (non-hydrogen) atoms. The molecule has 0 heterocycles. The van der Waals surface area contributed by atoms with E-state index >= 15 is 0 Å². The molecule has 4 radical (unpaired) electrons. The van der Waals surface area contributed by atoms with Gasteiger partial charge in [0.2, 0.25) is 0 Å². The van der Waals surface area contributed by atoms with Crippen molar-refractivity contribution in [2.45, 2.75) is 0 Å². The second-order valence-corrected chi connectivity index (χ2v) is 0. The van der Waals surface area contributed by atoms with Crippen molar-refractivity contribution in [3.05, 3.63) is 0 Å². The maximum Gasteiger partial charge on any atom is 3.00 e. The molecule has 0 N–H and O–H groups in total. The maximum absolute atomic E-state index is 0. The molecule has 0 amide bonds. The zero-order chi connectivity index (χ0) is 0. The Balaban J connectivity index is 0. The second-order valence-electron chi connectivity index (χ2n) is 0. The monoisotopic (exact) mass is 709 g/mol.